The minimum absolute atomic E-state index is 0.00267. The normalized spacial score (nSPS) is 12.4. The van der Waals surface area contributed by atoms with Crippen molar-refractivity contribution in [2.45, 2.75) is 31.4 Å². The molecule has 0 aliphatic heterocycles. The Morgan fingerprint density at radius 1 is 1.33 bits per heavy atom. The van der Waals surface area contributed by atoms with Crippen LogP contribution in [-0.2, 0) is 10.0 Å². The monoisotopic (exact) mass is 317 g/mol. The number of nitrogens with zero attached hydrogens (tertiary/aromatic N) is 1. The second-order valence-electron chi connectivity index (χ2n) is 5.80. The Kier molecular flexibility index (Phi) is 5.54. The van der Waals surface area contributed by atoms with Crippen molar-refractivity contribution >= 4 is 15.9 Å². The van der Waals surface area contributed by atoms with Gasteiger partial charge in [-0.1, -0.05) is 0 Å². The van der Waals surface area contributed by atoms with Gasteiger partial charge in [0.05, 0.1) is 0 Å². The van der Waals surface area contributed by atoms with Crippen LogP contribution in [0, 0.1) is 0 Å². The Balaban J connectivity index is 2.88. The Morgan fingerprint density at radius 2 is 1.95 bits per heavy atom. The molecule has 8 heteroatoms. The summed E-state index contributed by atoms with van der Waals surface area (Å²) in [5, 5.41) is 2.67. The molecule has 21 heavy (non-hydrogen) atoms. The van der Waals surface area contributed by atoms with E-state index < -0.39 is 15.6 Å². The molecule has 120 valence electrons. The van der Waals surface area contributed by atoms with E-state index in [4.69, 9.17) is 4.42 Å². The molecule has 0 radical (unpaired) electrons. The molecule has 0 aromatic carbocycles. The molecule has 1 aromatic rings. The van der Waals surface area contributed by atoms with Crippen LogP contribution in [0.2, 0.25) is 0 Å². The highest BCUT2D eigenvalue weighted by Crippen LogP contribution is 2.17. The predicted octanol–water partition coefficient (Wildman–Crippen LogP) is 0.648. The first kappa shape index (κ1) is 17.7. The van der Waals surface area contributed by atoms with Crippen molar-refractivity contribution in [2.24, 2.45) is 0 Å². The zero-order chi connectivity index (χ0) is 16.3. The van der Waals surface area contributed by atoms with Gasteiger partial charge in [0.2, 0.25) is 5.09 Å². The van der Waals surface area contributed by atoms with Gasteiger partial charge in [-0.05, 0) is 40.0 Å². The molecule has 7 nitrogen and oxygen atoms in total. The number of hydrogen-bond acceptors (Lipinski definition) is 5. The Bertz CT molecular complexity index is 587. The van der Waals surface area contributed by atoms with Gasteiger partial charge in [-0.2, -0.15) is 0 Å². The largest absolute Gasteiger partial charge is 0.438 e. The molecular formula is C13H23N3O4S. The van der Waals surface area contributed by atoms with Gasteiger partial charge in [-0.15, -0.1) is 0 Å². The smallest absolute Gasteiger partial charge is 0.289 e. The van der Waals surface area contributed by atoms with E-state index >= 15 is 0 Å². The van der Waals surface area contributed by atoms with E-state index in [1.54, 1.807) is 34.9 Å². The summed E-state index contributed by atoms with van der Waals surface area (Å²) in [6, 6.07) is 2.66. The standard InChI is InChI=1S/C13H23N3O4S/c1-13(2,3)15-21(18,19)11-7-6-10(20-11)12(17)16(5)9-8-14-4/h6-7,14-15H,8-9H2,1-5H3. The van der Waals surface area contributed by atoms with Crippen molar-refractivity contribution in [3.8, 4) is 0 Å². The molecular weight excluding hydrogens is 294 g/mol. The summed E-state index contributed by atoms with van der Waals surface area (Å²) in [6.07, 6.45) is 0. The molecule has 0 unspecified atom stereocenters. The quantitative estimate of drug-likeness (QED) is 0.804. The molecule has 2 N–H and O–H groups in total. The van der Waals surface area contributed by atoms with Gasteiger partial charge in [-0.25, -0.2) is 13.1 Å². The fourth-order valence-electron chi connectivity index (χ4n) is 1.60. The Hall–Kier alpha value is -1.38. The van der Waals surface area contributed by atoms with Crippen LogP contribution < -0.4 is 10.0 Å². The summed E-state index contributed by atoms with van der Waals surface area (Å²) in [6.45, 7) is 6.32. The summed E-state index contributed by atoms with van der Waals surface area (Å²) >= 11 is 0. The minimum atomic E-state index is -3.77. The van der Waals surface area contributed by atoms with Gasteiger partial charge in [-0.3, -0.25) is 4.79 Å². The zero-order valence-electron chi connectivity index (χ0n) is 13.1. The number of furan rings is 1. The third kappa shape index (κ3) is 5.14. The summed E-state index contributed by atoms with van der Waals surface area (Å²) in [5.74, 6) is -0.356. The highest BCUT2D eigenvalue weighted by Gasteiger charge is 2.26. The molecule has 0 aliphatic carbocycles. The number of rotatable bonds is 6. The van der Waals surface area contributed by atoms with Crippen molar-refractivity contribution in [3.05, 3.63) is 17.9 Å². The summed E-state index contributed by atoms with van der Waals surface area (Å²) in [5.41, 5.74) is -0.626. The Morgan fingerprint density at radius 3 is 2.48 bits per heavy atom. The average Bonchev–Trinajstić information content (AvgIpc) is 2.82. The lowest BCUT2D eigenvalue weighted by molar-refractivity contribution is 0.0759. The predicted molar refractivity (Wildman–Crippen MR) is 79.7 cm³/mol. The maximum absolute atomic E-state index is 12.1. The first-order chi connectivity index (χ1) is 9.57. The first-order valence-corrected chi connectivity index (χ1v) is 8.09. The molecule has 0 atom stereocenters. The fraction of sp³-hybridized carbons (Fsp3) is 0.615. The van der Waals surface area contributed by atoms with Crippen molar-refractivity contribution in [1.29, 1.82) is 0 Å². The summed E-state index contributed by atoms with van der Waals surface area (Å²) in [4.78, 5) is 13.5. The minimum Gasteiger partial charge on any atom is -0.438 e. The summed E-state index contributed by atoms with van der Waals surface area (Å²) < 4.78 is 31.8. The van der Waals surface area contributed by atoms with Crippen LogP contribution in [-0.4, -0.2) is 51.9 Å². The first-order valence-electron chi connectivity index (χ1n) is 6.61. The molecule has 1 heterocycles. The number of amides is 1. The van der Waals surface area contributed by atoms with Crippen LogP contribution in [0.1, 0.15) is 31.3 Å². The van der Waals surface area contributed by atoms with E-state index in [-0.39, 0.29) is 16.8 Å². The van der Waals surface area contributed by atoms with Crippen LogP contribution in [0.25, 0.3) is 0 Å². The molecule has 1 amide bonds. The van der Waals surface area contributed by atoms with Crippen LogP contribution in [0.3, 0.4) is 0 Å². The van der Waals surface area contributed by atoms with Gasteiger partial charge >= 0.3 is 0 Å². The van der Waals surface area contributed by atoms with E-state index in [1.165, 1.54) is 17.0 Å². The average molecular weight is 317 g/mol. The van der Waals surface area contributed by atoms with E-state index in [0.717, 1.165) is 0 Å². The second kappa shape index (κ2) is 6.59. The molecule has 0 aliphatic rings. The van der Waals surface area contributed by atoms with Crippen LogP contribution >= 0.6 is 0 Å². The maximum atomic E-state index is 12.1. The number of nitrogens with one attached hydrogen (secondary N) is 2. The molecule has 1 rings (SSSR count). The maximum Gasteiger partial charge on any atom is 0.289 e. The van der Waals surface area contributed by atoms with Gasteiger partial charge in [0.1, 0.15) is 0 Å². The molecule has 0 bridgehead atoms. The molecule has 0 saturated carbocycles. The van der Waals surface area contributed by atoms with Crippen LogP contribution in [0.4, 0.5) is 0 Å². The van der Waals surface area contributed by atoms with Crippen molar-refractivity contribution in [2.75, 3.05) is 27.2 Å². The number of carbonyl (C=O) groups is 1. The van der Waals surface area contributed by atoms with Crippen LogP contribution in [0.15, 0.2) is 21.6 Å². The number of likely N-dealkylation sites (N-methyl/N-ethyl adjacent to an activating group) is 2. The number of carbonyl (C=O) groups excluding carboxylic acids is 1. The second-order valence-corrected chi connectivity index (χ2v) is 7.42. The topological polar surface area (TPSA) is 91.7 Å². The van der Waals surface area contributed by atoms with Crippen molar-refractivity contribution in [3.63, 3.8) is 0 Å². The lowest BCUT2D eigenvalue weighted by Gasteiger charge is -2.19. The molecule has 0 fully saturated rings. The van der Waals surface area contributed by atoms with E-state index in [2.05, 4.69) is 10.0 Å². The Labute approximate surface area is 125 Å². The zero-order valence-corrected chi connectivity index (χ0v) is 13.9. The summed E-state index contributed by atoms with van der Waals surface area (Å²) in [7, 11) is -0.359. The molecule has 0 saturated heterocycles. The molecule has 0 spiro atoms. The van der Waals surface area contributed by atoms with Crippen LogP contribution in [0.5, 0.6) is 0 Å². The third-order valence-corrected chi connectivity index (χ3v) is 4.17. The van der Waals surface area contributed by atoms with E-state index in [0.29, 0.717) is 13.1 Å². The number of sulfonamides is 1. The van der Waals surface area contributed by atoms with Gasteiger partial charge < -0.3 is 14.6 Å². The van der Waals surface area contributed by atoms with Gasteiger partial charge in [0, 0.05) is 25.7 Å². The SMILES string of the molecule is CNCCN(C)C(=O)c1ccc(S(=O)(=O)NC(C)(C)C)o1. The van der Waals surface area contributed by atoms with Crippen molar-refractivity contribution < 1.29 is 17.6 Å². The van der Waals surface area contributed by atoms with E-state index in [9.17, 15) is 13.2 Å². The highest BCUT2D eigenvalue weighted by molar-refractivity contribution is 7.89. The van der Waals surface area contributed by atoms with Gasteiger partial charge in [0.15, 0.2) is 5.76 Å². The number of hydrogen-bond donors (Lipinski definition) is 2. The lowest BCUT2D eigenvalue weighted by Crippen LogP contribution is -2.40. The third-order valence-electron chi connectivity index (χ3n) is 2.54. The van der Waals surface area contributed by atoms with E-state index in [1.807, 2.05) is 0 Å². The fourth-order valence-corrected chi connectivity index (χ4v) is 2.96. The lowest BCUT2D eigenvalue weighted by atomic mass is 10.1. The highest BCUT2D eigenvalue weighted by atomic mass is 32.2. The molecule has 1 aromatic heterocycles. The van der Waals surface area contributed by atoms with Crippen molar-refractivity contribution in [1.82, 2.24) is 14.9 Å². The van der Waals surface area contributed by atoms with Gasteiger partial charge in [0.25, 0.3) is 15.9 Å².